The third-order valence-corrected chi connectivity index (χ3v) is 2.36. The van der Waals surface area contributed by atoms with E-state index in [0.717, 1.165) is 19.1 Å². The molecule has 0 aliphatic carbocycles. The summed E-state index contributed by atoms with van der Waals surface area (Å²) in [6.45, 7) is 0. The Balaban J connectivity index is 3.08. The van der Waals surface area contributed by atoms with Crippen LogP contribution < -0.4 is 0 Å². The third-order valence-electron chi connectivity index (χ3n) is 1.33. The number of hydrogen-bond donors (Lipinski definition) is 3. The van der Waals surface area contributed by atoms with Crippen molar-refractivity contribution in [3.8, 4) is 0 Å². The summed E-state index contributed by atoms with van der Waals surface area (Å²) in [5, 5.41) is 0. The van der Waals surface area contributed by atoms with E-state index in [-0.39, 0.29) is 6.16 Å². The van der Waals surface area contributed by atoms with Crippen molar-refractivity contribution in [1.29, 1.82) is 0 Å². The predicted octanol–water partition coefficient (Wildman–Crippen LogP) is 0.217. The van der Waals surface area contributed by atoms with Crippen molar-refractivity contribution in [1.82, 2.24) is 0 Å². The van der Waals surface area contributed by atoms with Crippen LogP contribution in [0.4, 0.5) is 0 Å². The molecule has 0 aromatic rings. The van der Waals surface area contributed by atoms with Crippen molar-refractivity contribution >= 4 is 14.2 Å². The number of hydrogen-bond acceptors (Lipinski definition) is 4. The van der Waals surface area contributed by atoms with Crippen molar-refractivity contribution in [3.63, 3.8) is 0 Å². The molecule has 0 aromatic heterocycles. The van der Waals surface area contributed by atoms with E-state index in [1.807, 2.05) is 0 Å². The normalized spacial score (nSPS) is 13.0. The molecule has 0 bridgehead atoms. The molecule has 0 rings (SSSR count). The monoisotopic (exact) mass is 182 g/mol. The van der Waals surface area contributed by atoms with Crippen LogP contribution in [0.2, 0.25) is 0 Å². The summed E-state index contributed by atoms with van der Waals surface area (Å²) in [5.41, 5.74) is 0. The number of unbranched alkanes of at least 4 members (excludes halogenated alkanes) is 3. The van der Waals surface area contributed by atoms with Gasteiger partial charge in [0.15, 0.2) is 0 Å². The Bertz CT molecular complexity index is 110. The van der Waals surface area contributed by atoms with E-state index in [1.165, 1.54) is 0 Å². The summed E-state index contributed by atoms with van der Waals surface area (Å²) >= 11 is 0. The van der Waals surface area contributed by atoms with Gasteiger partial charge < -0.3 is 0 Å². The average molecular weight is 182 g/mol. The van der Waals surface area contributed by atoms with Crippen molar-refractivity contribution < 1.29 is 19.5 Å². The van der Waals surface area contributed by atoms with E-state index in [9.17, 15) is 4.79 Å². The number of aldehydes is 1. The molecular formula is C6H15O4P. The number of carbonyl (C=O) groups excluding carboxylic acids is 1. The second kappa shape index (κ2) is 5.61. The van der Waals surface area contributed by atoms with Crippen LogP contribution in [0, 0.1) is 0 Å². The Morgan fingerprint density at radius 1 is 1.09 bits per heavy atom. The van der Waals surface area contributed by atoms with Crippen LogP contribution in [0.25, 0.3) is 0 Å². The van der Waals surface area contributed by atoms with Crippen molar-refractivity contribution in [2.45, 2.75) is 25.7 Å². The summed E-state index contributed by atoms with van der Waals surface area (Å²) in [7, 11) is -3.81. The van der Waals surface area contributed by atoms with Crippen LogP contribution in [0.5, 0.6) is 0 Å². The Morgan fingerprint density at radius 2 is 1.73 bits per heavy atom. The molecule has 0 atom stereocenters. The van der Waals surface area contributed by atoms with E-state index in [1.54, 1.807) is 0 Å². The molecule has 68 valence electrons. The molecule has 0 aromatic carbocycles. The minimum absolute atomic E-state index is 0.0753. The molecule has 0 saturated carbocycles. The summed E-state index contributed by atoms with van der Waals surface area (Å²) < 4.78 is 0. The van der Waals surface area contributed by atoms with Gasteiger partial charge >= 0.3 is 65.5 Å². The third kappa shape index (κ3) is 9.98. The van der Waals surface area contributed by atoms with Gasteiger partial charge in [-0.15, -0.1) is 0 Å². The van der Waals surface area contributed by atoms with Gasteiger partial charge in [0.1, 0.15) is 0 Å². The quantitative estimate of drug-likeness (QED) is 0.312. The van der Waals surface area contributed by atoms with Gasteiger partial charge in [0.2, 0.25) is 0 Å². The van der Waals surface area contributed by atoms with Crippen LogP contribution in [-0.4, -0.2) is 27.1 Å². The summed E-state index contributed by atoms with van der Waals surface area (Å²) in [6.07, 6.45) is 3.51. The predicted molar refractivity (Wildman–Crippen MR) is 44.4 cm³/mol. The van der Waals surface area contributed by atoms with Crippen LogP contribution >= 0.6 is 7.94 Å². The van der Waals surface area contributed by atoms with Gasteiger partial charge in [-0.25, -0.2) is 0 Å². The maximum atomic E-state index is 9.83. The molecule has 0 heterocycles. The molecular weight excluding hydrogens is 167 g/mol. The zero-order valence-electron chi connectivity index (χ0n) is 6.36. The van der Waals surface area contributed by atoms with Crippen LogP contribution in [0.15, 0.2) is 0 Å². The Hall–Kier alpha value is -0.0200. The maximum absolute atomic E-state index is 9.83. The molecule has 11 heavy (non-hydrogen) atoms. The van der Waals surface area contributed by atoms with Gasteiger partial charge in [0, 0.05) is 0 Å². The van der Waals surface area contributed by atoms with Crippen molar-refractivity contribution in [3.05, 3.63) is 0 Å². The van der Waals surface area contributed by atoms with E-state index >= 15 is 0 Å². The van der Waals surface area contributed by atoms with E-state index in [4.69, 9.17) is 14.7 Å². The standard InChI is InChI=1S/C6H15O4P/c7-5-3-1-2-4-6-11(8,9)10/h5,8-11H,1-4,6H2. The minimum atomic E-state index is -3.81. The first-order valence-electron chi connectivity index (χ1n) is 3.67. The number of carbonyl (C=O) groups is 1. The van der Waals surface area contributed by atoms with Crippen LogP contribution in [0.3, 0.4) is 0 Å². The zero-order chi connectivity index (χ0) is 8.74. The molecule has 0 aliphatic heterocycles. The summed E-state index contributed by atoms with van der Waals surface area (Å²) in [6, 6.07) is 0. The summed E-state index contributed by atoms with van der Waals surface area (Å²) in [4.78, 5) is 35.5. The van der Waals surface area contributed by atoms with Gasteiger partial charge in [0.05, 0.1) is 0 Å². The van der Waals surface area contributed by atoms with Gasteiger partial charge in [0.25, 0.3) is 0 Å². The van der Waals surface area contributed by atoms with Crippen molar-refractivity contribution in [2.24, 2.45) is 0 Å². The molecule has 4 nitrogen and oxygen atoms in total. The molecule has 0 amide bonds. The SMILES string of the molecule is O=CCCCCC[PH](O)(O)O. The van der Waals surface area contributed by atoms with Gasteiger partial charge in [-0.1, -0.05) is 0 Å². The van der Waals surface area contributed by atoms with Gasteiger partial charge in [-0.3, -0.25) is 0 Å². The fourth-order valence-corrected chi connectivity index (χ4v) is 1.49. The molecule has 3 N–H and O–H groups in total. The first-order valence-corrected chi connectivity index (χ1v) is 5.72. The molecule has 5 heteroatoms. The topological polar surface area (TPSA) is 77.8 Å². The van der Waals surface area contributed by atoms with Crippen LogP contribution in [-0.2, 0) is 4.79 Å². The fourth-order valence-electron chi connectivity index (χ4n) is 0.767. The molecule has 0 unspecified atom stereocenters. The van der Waals surface area contributed by atoms with E-state index in [2.05, 4.69) is 0 Å². The Labute approximate surface area is 66.5 Å². The average Bonchev–Trinajstić information content (AvgIpc) is 1.85. The second-order valence-electron chi connectivity index (χ2n) is 2.54. The Morgan fingerprint density at radius 3 is 2.18 bits per heavy atom. The number of rotatable bonds is 6. The molecule has 0 radical (unpaired) electrons. The fraction of sp³-hybridized carbons (Fsp3) is 0.833. The van der Waals surface area contributed by atoms with E-state index < -0.39 is 7.94 Å². The van der Waals surface area contributed by atoms with Crippen LogP contribution in [0.1, 0.15) is 25.7 Å². The molecule has 0 saturated heterocycles. The molecule has 0 spiro atoms. The van der Waals surface area contributed by atoms with Gasteiger partial charge in [-0.2, -0.15) is 0 Å². The first-order chi connectivity index (χ1) is 5.06. The van der Waals surface area contributed by atoms with Crippen molar-refractivity contribution in [2.75, 3.05) is 6.16 Å². The van der Waals surface area contributed by atoms with Gasteiger partial charge in [-0.05, 0) is 0 Å². The first kappa shape index (κ1) is 11.0. The zero-order valence-corrected chi connectivity index (χ0v) is 7.36. The van der Waals surface area contributed by atoms with E-state index in [0.29, 0.717) is 12.8 Å². The summed E-state index contributed by atoms with van der Waals surface area (Å²) in [5.74, 6) is 0. The second-order valence-corrected chi connectivity index (χ2v) is 4.59. The molecule has 0 fully saturated rings. The molecule has 0 aliphatic rings. The Kier molecular flexibility index (Phi) is 5.60.